The Morgan fingerprint density at radius 2 is 1.12 bits per heavy atom. The maximum atomic E-state index is 11.7. The van der Waals surface area contributed by atoms with Crippen LogP contribution in [0, 0.1) is 0 Å². The van der Waals surface area contributed by atoms with Gasteiger partial charge in [0.05, 0.1) is 6.10 Å². The molecule has 2 heteroatoms. The van der Waals surface area contributed by atoms with E-state index in [1.54, 1.807) is 6.92 Å². The molecule has 2 nitrogen and oxygen atoms in total. The summed E-state index contributed by atoms with van der Waals surface area (Å²) in [6.07, 6.45) is -0.387. The second kappa shape index (κ2) is 6.56. The van der Waals surface area contributed by atoms with Crippen LogP contribution in [-0.2, 0) is 5.60 Å². The fraction of sp³-hybridized carbons (Fsp3) is 0.167. The molecule has 0 radical (unpaired) electrons. The van der Waals surface area contributed by atoms with Crippen LogP contribution in [0.25, 0.3) is 21.5 Å². The number of rotatable bonds is 4. The van der Waals surface area contributed by atoms with E-state index in [1.807, 2.05) is 72.8 Å². The van der Waals surface area contributed by atoms with Crippen LogP contribution in [0.5, 0.6) is 0 Å². The normalized spacial score (nSPS) is 13.2. The molecule has 2 N–H and O–H groups in total. The molecule has 0 aliphatic rings. The van der Waals surface area contributed by atoms with Crippen molar-refractivity contribution in [1.29, 1.82) is 0 Å². The van der Waals surface area contributed by atoms with Crippen molar-refractivity contribution in [3.63, 3.8) is 0 Å². The van der Waals surface area contributed by atoms with E-state index < -0.39 is 11.7 Å². The minimum Gasteiger partial charge on any atom is -0.393 e. The van der Waals surface area contributed by atoms with Crippen LogP contribution in [0.2, 0.25) is 0 Å². The molecule has 0 saturated heterocycles. The topological polar surface area (TPSA) is 40.5 Å². The summed E-state index contributed by atoms with van der Waals surface area (Å²) >= 11 is 0. The highest BCUT2D eigenvalue weighted by molar-refractivity contribution is 5.85. The second-order valence-corrected chi connectivity index (χ2v) is 7.04. The standard InChI is InChI=1S/C24H22O2/c1-17(25)16-24(26,22-12-10-18-6-2-4-8-20(18)14-22)23-13-11-19-7-3-5-9-21(19)15-23/h2-15,17,25-26H,16H2,1H3. The quantitative estimate of drug-likeness (QED) is 0.548. The molecule has 4 aromatic rings. The lowest BCUT2D eigenvalue weighted by Gasteiger charge is -2.31. The summed E-state index contributed by atoms with van der Waals surface area (Å²) in [6, 6.07) is 28.2. The molecule has 0 aromatic heterocycles. The number of fused-ring (bicyclic) bond motifs is 2. The monoisotopic (exact) mass is 342 g/mol. The molecule has 0 aliphatic carbocycles. The fourth-order valence-electron chi connectivity index (χ4n) is 3.72. The summed E-state index contributed by atoms with van der Waals surface area (Å²) in [5, 5.41) is 26.2. The zero-order chi connectivity index (χ0) is 18.1. The largest absolute Gasteiger partial charge is 0.393 e. The molecule has 130 valence electrons. The third-order valence-electron chi connectivity index (χ3n) is 5.04. The van der Waals surface area contributed by atoms with Gasteiger partial charge in [-0.25, -0.2) is 0 Å². The fourth-order valence-corrected chi connectivity index (χ4v) is 3.72. The Hall–Kier alpha value is -2.68. The Morgan fingerprint density at radius 3 is 1.54 bits per heavy atom. The van der Waals surface area contributed by atoms with Crippen molar-refractivity contribution in [2.75, 3.05) is 0 Å². The van der Waals surface area contributed by atoms with Gasteiger partial charge in [-0.15, -0.1) is 0 Å². The Kier molecular flexibility index (Phi) is 4.23. The van der Waals surface area contributed by atoms with Crippen LogP contribution in [0.15, 0.2) is 84.9 Å². The minimum atomic E-state index is -1.25. The van der Waals surface area contributed by atoms with Gasteiger partial charge >= 0.3 is 0 Å². The number of hydrogen-bond acceptors (Lipinski definition) is 2. The molecule has 4 aromatic carbocycles. The summed E-state index contributed by atoms with van der Waals surface area (Å²) in [6.45, 7) is 1.72. The third kappa shape index (κ3) is 2.98. The highest BCUT2D eigenvalue weighted by Crippen LogP contribution is 2.37. The first kappa shape index (κ1) is 16.8. The predicted molar refractivity (Wildman–Crippen MR) is 107 cm³/mol. The van der Waals surface area contributed by atoms with E-state index in [0.29, 0.717) is 0 Å². The van der Waals surface area contributed by atoms with Gasteiger partial charge in [-0.3, -0.25) is 0 Å². The van der Waals surface area contributed by atoms with E-state index in [1.165, 1.54) is 0 Å². The minimum absolute atomic E-state index is 0.240. The molecule has 0 heterocycles. The molecule has 0 fully saturated rings. The van der Waals surface area contributed by atoms with Crippen LogP contribution in [0.4, 0.5) is 0 Å². The first-order valence-corrected chi connectivity index (χ1v) is 8.95. The Morgan fingerprint density at radius 1 is 0.692 bits per heavy atom. The lowest BCUT2D eigenvalue weighted by molar-refractivity contribution is 0.0240. The van der Waals surface area contributed by atoms with E-state index in [2.05, 4.69) is 12.1 Å². The molecule has 1 atom stereocenters. The predicted octanol–water partition coefficient (Wildman–Crippen LogP) is 5.00. The van der Waals surface area contributed by atoms with Gasteiger partial charge in [0, 0.05) is 6.42 Å². The summed E-state index contributed by atoms with van der Waals surface area (Å²) in [7, 11) is 0. The van der Waals surface area contributed by atoms with E-state index in [4.69, 9.17) is 0 Å². The zero-order valence-electron chi connectivity index (χ0n) is 14.8. The Bertz CT molecular complexity index is 986. The Labute approximate surface area is 153 Å². The molecule has 0 spiro atoms. The summed E-state index contributed by atoms with van der Waals surface area (Å²) in [4.78, 5) is 0. The van der Waals surface area contributed by atoms with Crippen molar-refractivity contribution in [1.82, 2.24) is 0 Å². The molecule has 0 aliphatic heterocycles. The highest BCUT2D eigenvalue weighted by atomic mass is 16.3. The van der Waals surface area contributed by atoms with Crippen molar-refractivity contribution in [2.24, 2.45) is 0 Å². The third-order valence-corrected chi connectivity index (χ3v) is 5.04. The molecule has 0 saturated carbocycles. The highest BCUT2D eigenvalue weighted by Gasteiger charge is 2.33. The average Bonchev–Trinajstić information content (AvgIpc) is 2.66. The lowest BCUT2D eigenvalue weighted by Crippen LogP contribution is -2.31. The van der Waals surface area contributed by atoms with Crippen molar-refractivity contribution in [3.8, 4) is 0 Å². The van der Waals surface area contributed by atoms with Crippen molar-refractivity contribution >= 4 is 21.5 Å². The summed E-state index contributed by atoms with van der Waals surface area (Å²) < 4.78 is 0. The molecule has 0 amide bonds. The van der Waals surface area contributed by atoms with Gasteiger partial charge in [0.2, 0.25) is 0 Å². The van der Waals surface area contributed by atoms with Gasteiger partial charge in [-0.2, -0.15) is 0 Å². The zero-order valence-corrected chi connectivity index (χ0v) is 14.8. The molecule has 0 bridgehead atoms. The first-order valence-electron chi connectivity index (χ1n) is 8.95. The average molecular weight is 342 g/mol. The van der Waals surface area contributed by atoms with Crippen LogP contribution >= 0.6 is 0 Å². The van der Waals surface area contributed by atoms with E-state index in [0.717, 1.165) is 32.7 Å². The first-order chi connectivity index (χ1) is 12.6. The van der Waals surface area contributed by atoms with Gasteiger partial charge in [-0.05, 0) is 51.7 Å². The molecular formula is C24H22O2. The smallest absolute Gasteiger partial charge is 0.117 e. The van der Waals surface area contributed by atoms with Gasteiger partial charge in [0.25, 0.3) is 0 Å². The van der Waals surface area contributed by atoms with E-state index in [9.17, 15) is 10.2 Å². The SMILES string of the molecule is CC(O)CC(O)(c1ccc2ccccc2c1)c1ccc2ccccc2c1. The summed E-state index contributed by atoms with van der Waals surface area (Å²) in [5.74, 6) is 0. The van der Waals surface area contributed by atoms with Crippen LogP contribution in [0.1, 0.15) is 24.5 Å². The van der Waals surface area contributed by atoms with Crippen LogP contribution < -0.4 is 0 Å². The van der Waals surface area contributed by atoms with Crippen molar-refractivity contribution in [3.05, 3.63) is 96.1 Å². The number of hydrogen-bond donors (Lipinski definition) is 2. The molecule has 1 unspecified atom stereocenters. The van der Waals surface area contributed by atoms with Gasteiger partial charge in [0.1, 0.15) is 5.60 Å². The number of benzene rings is 4. The number of aliphatic hydroxyl groups excluding tert-OH is 1. The summed E-state index contributed by atoms with van der Waals surface area (Å²) in [5.41, 5.74) is 0.349. The van der Waals surface area contributed by atoms with Gasteiger partial charge in [0.15, 0.2) is 0 Å². The van der Waals surface area contributed by atoms with Crippen molar-refractivity contribution in [2.45, 2.75) is 25.0 Å². The van der Waals surface area contributed by atoms with Crippen molar-refractivity contribution < 1.29 is 10.2 Å². The van der Waals surface area contributed by atoms with Crippen LogP contribution in [-0.4, -0.2) is 16.3 Å². The molecule has 4 rings (SSSR count). The van der Waals surface area contributed by atoms with Gasteiger partial charge in [-0.1, -0.05) is 72.8 Å². The number of aliphatic hydroxyl groups is 2. The lowest BCUT2D eigenvalue weighted by atomic mass is 9.80. The van der Waals surface area contributed by atoms with E-state index in [-0.39, 0.29) is 6.42 Å². The maximum absolute atomic E-state index is 11.7. The molecule has 26 heavy (non-hydrogen) atoms. The van der Waals surface area contributed by atoms with Crippen LogP contribution in [0.3, 0.4) is 0 Å². The van der Waals surface area contributed by atoms with E-state index >= 15 is 0 Å². The molecular weight excluding hydrogens is 320 g/mol. The van der Waals surface area contributed by atoms with Gasteiger partial charge < -0.3 is 10.2 Å². The Balaban J connectivity index is 1.90. The second-order valence-electron chi connectivity index (χ2n) is 7.04. The maximum Gasteiger partial charge on any atom is 0.117 e.